The van der Waals surface area contributed by atoms with Gasteiger partial charge in [0.05, 0.1) is 17.0 Å². The lowest BCUT2D eigenvalue weighted by atomic mass is 9.87. The molecule has 0 heterocycles. The molecule has 0 fully saturated rings. The van der Waals surface area contributed by atoms with E-state index in [9.17, 15) is 13.2 Å². The molecule has 1 amide bonds. The van der Waals surface area contributed by atoms with Crippen LogP contribution in [0.2, 0.25) is 5.02 Å². The summed E-state index contributed by atoms with van der Waals surface area (Å²) in [5, 5.41) is 3.03. The monoisotopic (exact) mass is 446 g/mol. The Morgan fingerprint density at radius 1 is 1.17 bits per heavy atom. The fraction of sp³-hybridized carbons (Fsp3) is 0.261. The highest BCUT2D eigenvalue weighted by Gasteiger charge is 2.13. The lowest BCUT2D eigenvalue weighted by Gasteiger charge is -2.18. The van der Waals surface area contributed by atoms with E-state index < -0.39 is 10.0 Å². The molecule has 0 saturated carbocycles. The number of anilines is 1. The van der Waals surface area contributed by atoms with Crippen LogP contribution in [0.3, 0.4) is 0 Å². The molecule has 0 radical (unpaired) electrons. The van der Waals surface area contributed by atoms with Gasteiger partial charge < -0.3 is 5.32 Å². The van der Waals surface area contributed by atoms with E-state index >= 15 is 0 Å². The molecule has 0 spiro atoms. The van der Waals surface area contributed by atoms with Crippen molar-refractivity contribution in [2.24, 2.45) is 0 Å². The van der Waals surface area contributed by atoms with E-state index in [1.807, 2.05) is 12.1 Å². The van der Waals surface area contributed by atoms with Crippen LogP contribution in [-0.2, 0) is 26.8 Å². The number of hydrogen-bond acceptors (Lipinski definition) is 3. The first kappa shape index (κ1) is 23.7. The average Bonchev–Trinajstić information content (AvgIpc) is 2.65. The normalized spacial score (nSPS) is 12.0. The maximum Gasteiger partial charge on any atom is 0.244 e. The summed E-state index contributed by atoms with van der Waals surface area (Å²) in [6.07, 6.45) is 5.78. The number of rotatable bonds is 7. The molecule has 2 aromatic rings. The highest BCUT2D eigenvalue weighted by Crippen LogP contribution is 2.29. The number of hydrogen-bond donors (Lipinski definition) is 2. The molecule has 0 saturated heterocycles. The van der Waals surface area contributed by atoms with Crippen LogP contribution in [0.15, 0.2) is 49.1 Å². The Labute approximate surface area is 183 Å². The summed E-state index contributed by atoms with van der Waals surface area (Å²) in [4.78, 5) is 12.2. The standard InChI is InChI=1S/C23H27ClN2O3S/c1-6-18-13-17(14-20(24)22(18)26-30(5,28)29)15-25-21(27)12-9-16-7-10-19(11-8-16)23(2,3)4/h6-14,26H,1,15H2,2-5H3,(H,25,27). The Morgan fingerprint density at radius 3 is 2.33 bits per heavy atom. The summed E-state index contributed by atoms with van der Waals surface area (Å²) in [6, 6.07) is 11.4. The third-order valence-corrected chi connectivity index (χ3v) is 5.23. The van der Waals surface area contributed by atoms with E-state index in [0.717, 1.165) is 17.4 Å². The summed E-state index contributed by atoms with van der Waals surface area (Å²) < 4.78 is 25.4. The fourth-order valence-corrected chi connectivity index (χ4v) is 3.71. The maximum absolute atomic E-state index is 12.2. The Bertz CT molecular complexity index is 1070. The average molecular weight is 447 g/mol. The largest absolute Gasteiger partial charge is 0.348 e. The van der Waals surface area contributed by atoms with E-state index in [2.05, 4.69) is 49.5 Å². The first-order valence-electron chi connectivity index (χ1n) is 9.38. The van der Waals surface area contributed by atoms with Crippen LogP contribution in [0.5, 0.6) is 0 Å². The summed E-state index contributed by atoms with van der Waals surface area (Å²) in [7, 11) is -3.48. The minimum Gasteiger partial charge on any atom is -0.348 e. The van der Waals surface area contributed by atoms with E-state index in [0.29, 0.717) is 5.56 Å². The molecule has 0 aliphatic heterocycles. The number of benzene rings is 2. The van der Waals surface area contributed by atoms with Crippen LogP contribution < -0.4 is 10.0 Å². The van der Waals surface area contributed by atoms with Gasteiger partial charge in [-0.2, -0.15) is 0 Å². The van der Waals surface area contributed by atoms with Gasteiger partial charge in [-0.1, -0.05) is 69.3 Å². The molecule has 0 aliphatic rings. The summed E-state index contributed by atoms with van der Waals surface area (Å²) >= 11 is 6.22. The zero-order chi connectivity index (χ0) is 22.5. The second kappa shape index (κ2) is 9.49. The zero-order valence-corrected chi connectivity index (χ0v) is 19.2. The smallest absolute Gasteiger partial charge is 0.244 e. The van der Waals surface area contributed by atoms with Gasteiger partial charge in [-0.05, 0) is 45.9 Å². The van der Waals surface area contributed by atoms with E-state index in [1.54, 1.807) is 18.2 Å². The van der Waals surface area contributed by atoms with Gasteiger partial charge in [-0.15, -0.1) is 0 Å². The topological polar surface area (TPSA) is 75.3 Å². The molecule has 2 rings (SSSR count). The van der Waals surface area contributed by atoms with Crippen LogP contribution >= 0.6 is 11.6 Å². The van der Waals surface area contributed by atoms with Crippen molar-refractivity contribution in [1.82, 2.24) is 5.32 Å². The third-order valence-electron chi connectivity index (χ3n) is 4.36. The van der Waals surface area contributed by atoms with Crippen molar-refractivity contribution in [2.75, 3.05) is 11.0 Å². The SMILES string of the molecule is C=Cc1cc(CNC(=O)C=Cc2ccc(C(C)(C)C)cc2)cc(Cl)c1NS(C)(=O)=O. The van der Waals surface area contributed by atoms with Gasteiger partial charge in [0, 0.05) is 12.6 Å². The van der Waals surface area contributed by atoms with Gasteiger partial charge in [0.15, 0.2) is 0 Å². The molecule has 0 aliphatic carbocycles. The number of carbonyl (C=O) groups excluding carboxylic acids is 1. The highest BCUT2D eigenvalue weighted by atomic mass is 35.5. The van der Waals surface area contributed by atoms with E-state index in [4.69, 9.17) is 11.6 Å². The molecule has 0 unspecified atom stereocenters. The Balaban J connectivity index is 2.04. The molecule has 5 nitrogen and oxygen atoms in total. The molecular formula is C23H27ClN2O3S. The number of amides is 1. The molecule has 0 atom stereocenters. The molecule has 2 aromatic carbocycles. The van der Waals surface area contributed by atoms with E-state index in [1.165, 1.54) is 17.7 Å². The second-order valence-electron chi connectivity index (χ2n) is 8.04. The second-order valence-corrected chi connectivity index (χ2v) is 10.2. The van der Waals surface area contributed by atoms with Crippen molar-refractivity contribution in [1.29, 1.82) is 0 Å². The predicted octanol–water partition coefficient (Wildman–Crippen LogP) is 4.98. The van der Waals surface area contributed by atoms with Crippen molar-refractivity contribution >= 4 is 45.4 Å². The molecule has 7 heteroatoms. The third kappa shape index (κ3) is 7.04. The van der Waals surface area contributed by atoms with Crippen molar-refractivity contribution < 1.29 is 13.2 Å². The van der Waals surface area contributed by atoms with Gasteiger partial charge >= 0.3 is 0 Å². The molecule has 0 aromatic heterocycles. The number of sulfonamides is 1. The number of halogens is 1. The molecule has 2 N–H and O–H groups in total. The van der Waals surface area contributed by atoms with Crippen LogP contribution in [0.4, 0.5) is 5.69 Å². The van der Waals surface area contributed by atoms with Crippen LogP contribution in [0, 0.1) is 0 Å². The molecular weight excluding hydrogens is 420 g/mol. The number of nitrogens with one attached hydrogen (secondary N) is 2. The van der Waals surface area contributed by atoms with Gasteiger partial charge in [0.2, 0.25) is 15.9 Å². The quantitative estimate of drug-likeness (QED) is 0.589. The Kier molecular flexibility index (Phi) is 7.50. The highest BCUT2D eigenvalue weighted by molar-refractivity contribution is 7.92. The minimum atomic E-state index is -3.48. The summed E-state index contributed by atoms with van der Waals surface area (Å²) in [6.45, 7) is 10.4. The van der Waals surface area contributed by atoms with Crippen LogP contribution in [0.25, 0.3) is 12.2 Å². The number of carbonyl (C=O) groups is 1. The van der Waals surface area contributed by atoms with Gasteiger partial charge in [-0.3, -0.25) is 9.52 Å². The first-order chi connectivity index (χ1) is 13.9. The predicted molar refractivity (Wildman–Crippen MR) is 126 cm³/mol. The van der Waals surface area contributed by atoms with Crippen LogP contribution in [0.1, 0.15) is 43.0 Å². The van der Waals surface area contributed by atoms with E-state index in [-0.39, 0.29) is 28.6 Å². The lowest BCUT2D eigenvalue weighted by molar-refractivity contribution is -0.116. The minimum absolute atomic E-state index is 0.0809. The Hall–Kier alpha value is -2.57. The summed E-state index contributed by atoms with van der Waals surface area (Å²) in [5.41, 5.74) is 3.77. The lowest BCUT2D eigenvalue weighted by Crippen LogP contribution is -2.20. The fourth-order valence-electron chi connectivity index (χ4n) is 2.76. The molecule has 30 heavy (non-hydrogen) atoms. The van der Waals surface area contributed by atoms with Crippen molar-refractivity contribution in [3.8, 4) is 0 Å². The van der Waals surface area contributed by atoms with Crippen LogP contribution in [-0.4, -0.2) is 20.6 Å². The van der Waals surface area contributed by atoms with Crippen molar-refractivity contribution in [2.45, 2.75) is 32.7 Å². The van der Waals surface area contributed by atoms with Crippen molar-refractivity contribution in [3.05, 3.63) is 76.3 Å². The summed E-state index contributed by atoms with van der Waals surface area (Å²) in [5.74, 6) is -0.246. The van der Waals surface area contributed by atoms with Gasteiger partial charge in [-0.25, -0.2) is 8.42 Å². The van der Waals surface area contributed by atoms with Crippen molar-refractivity contribution in [3.63, 3.8) is 0 Å². The Morgan fingerprint density at radius 2 is 1.80 bits per heavy atom. The molecule has 0 bridgehead atoms. The van der Waals surface area contributed by atoms with Gasteiger partial charge in [0.25, 0.3) is 0 Å². The first-order valence-corrected chi connectivity index (χ1v) is 11.6. The zero-order valence-electron chi connectivity index (χ0n) is 17.6. The molecule has 160 valence electrons. The van der Waals surface area contributed by atoms with Gasteiger partial charge in [0.1, 0.15) is 0 Å². The maximum atomic E-state index is 12.2.